The number of hydrogen-bond acceptors (Lipinski definition) is 2. The smallest absolute Gasteiger partial charge is 0.220 e. The summed E-state index contributed by atoms with van der Waals surface area (Å²) in [5, 5.41) is 3.58. The topological polar surface area (TPSA) is 43.3 Å². The molecule has 0 radical (unpaired) electrons. The van der Waals surface area contributed by atoms with E-state index in [1.165, 1.54) is 0 Å². The fourth-order valence-corrected chi connectivity index (χ4v) is 2.48. The number of carbonyl (C=O) groups is 1. The van der Waals surface area contributed by atoms with Gasteiger partial charge in [0.15, 0.2) is 0 Å². The van der Waals surface area contributed by atoms with E-state index in [0.29, 0.717) is 24.6 Å². The van der Waals surface area contributed by atoms with E-state index in [0.717, 1.165) is 12.1 Å². The fourth-order valence-electron chi connectivity index (χ4n) is 2.36. The summed E-state index contributed by atoms with van der Waals surface area (Å²) in [6, 6.07) is 11.7. The molecule has 0 aliphatic carbocycles. The first-order valence-electron chi connectivity index (χ1n) is 7.31. The number of benzene rings is 1. The Morgan fingerprint density at radius 3 is 2.59 bits per heavy atom. The van der Waals surface area contributed by atoms with Crippen LogP contribution >= 0.6 is 11.6 Å². The van der Waals surface area contributed by atoms with Crippen LogP contribution < -0.4 is 5.32 Å². The Morgan fingerprint density at radius 1 is 1.27 bits per heavy atom. The van der Waals surface area contributed by atoms with E-state index < -0.39 is 0 Å². The summed E-state index contributed by atoms with van der Waals surface area (Å²) in [7, 11) is 1.62. The second-order valence-electron chi connectivity index (χ2n) is 5.18. The Bertz CT molecular complexity index is 567. The normalized spacial score (nSPS) is 12.1. The fraction of sp³-hybridized carbons (Fsp3) is 0.353. The van der Waals surface area contributed by atoms with Crippen molar-refractivity contribution in [2.24, 2.45) is 0 Å². The molecule has 0 aliphatic rings. The van der Waals surface area contributed by atoms with Crippen molar-refractivity contribution in [2.75, 3.05) is 20.3 Å². The molecule has 0 spiro atoms. The minimum atomic E-state index is 0.0316. The van der Waals surface area contributed by atoms with Crippen LogP contribution in [0.25, 0.3) is 0 Å². The molecule has 4 nitrogen and oxygen atoms in total. The number of ether oxygens (including phenoxy) is 1. The van der Waals surface area contributed by atoms with E-state index in [2.05, 4.69) is 9.88 Å². The van der Waals surface area contributed by atoms with Gasteiger partial charge in [-0.15, -0.1) is 0 Å². The van der Waals surface area contributed by atoms with Gasteiger partial charge in [0.1, 0.15) is 0 Å². The first-order valence-corrected chi connectivity index (χ1v) is 7.68. The summed E-state index contributed by atoms with van der Waals surface area (Å²) in [6.45, 7) is 1.81. The van der Waals surface area contributed by atoms with Gasteiger partial charge in [-0.25, -0.2) is 0 Å². The highest BCUT2D eigenvalue weighted by molar-refractivity contribution is 6.30. The number of nitrogens with one attached hydrogen (secondary N) is 1. The van der Waals surface area contributed by atoms with Crippen molar-refractivity contribution >= 4 is 17.5 Å². The first kappa shape index (κ1) is 16.6. The van der Waals surface area contributed by atoms with Crippen LogP contribution in [0.2, 0.25) is 5.02 Å². The van der Waals surface area contributed by atoms with Gasteiger partial charge in [0.25, 0.3) is 0 Å². The SMILES string of the molecule is COCCNC(=O)C[C@H](Cn1cccc1)c1ccc(Cl)cc1. The van der Waals surface area contributed by atoms with Crippen LogP contribution in [0, 0.1) is 0 Å². The molecule has 0 saturated carbocycles. The van der Waals surface area contributed by atoms with E-state index in [4.69, 9.17) is 16.3 Å². The Morgan fingerprint density at radius 2 is 1.95 bits per heavy atom. The Balaban J connectivity index is 2.04. The lowest BCUT2D eigenvalue weighted by molar-refractivity contribution is -0.121. The molecule has 1 N–H and O–H groups in total. The maximum Gasteiger partial charge on any atom is 0.220 e. The number of hydrogen-bond donors (Lipinski definition) is 1. The lowest BCUT2D eigenvalue weighted by Gasteiger charge is -2.18. The third kappa shape index (κ3) is 5.20. The maximum absolute atomic E-state index is 12.1. The van der Waals surface area contributed by atoms with Crippen molar-refractivity contribution in [2.45, 2.75) is 18.9 Å². The molecule has 0 unspecified atom stereocenters. The van der Waals surface area contributed by atoms with Gasteiger partial charge >= 0.3 is 0 Å². The average Bonchev–Trinajstić information content (AvgIpc) is 3.01. The van der Waals surface area contributed by atoms with Crippen LogP contribution in [0.5, 0.6) is 0 Å². The maximum atomic E-state index is 12.1. The Hall–Kier alpha value is -1.78. The standard InChI is InChI=1S/C17H21ClN2O2/c1-22-11-8-19-17(21)12-15(13-20-9-2-3-10-20)14-4-6-16(18)7-5-14/h2-7,9-10,15H,8,11-13H2,1H3,(H,19,21)/t15-/m1/s1. The largest absolute Gasteiger partial charge is 0.383 e. The molecule has 2 aromatic rings. The molecule has 1 aromatic carbocycles. The molecule has 0 fully saturated rings. The molecule has 1 aromatic heterocycles. The quantitative estimate of drug-likeness (QED) is 0.760. The highest BCUT2D eigenvalue weighted by Crippen LogP contribution is 2.23. The van der Waals surface area contributed by atoms with E-state index >= 15 is 0 Å². The predicted octanol–water partition coefficient (Wildman–Crippen LogP) is 3.08. The van der Waals surface area contributed by atoms with E-state index in [1.54, 1.807) is 7.11 Å². The summed E-state index contributed by atoms with van der Waals surface area (Å²) in [5.74, 6) is 0.136. The van der Waals surface area contributed by atoms with Crippen LogP contribution in [0.1, 0.15) is 17.9 Å². The van der Waals surface area contributed by atoms with Gasteiger partial charge in [0, 0.05) is 50.0 Å². The summed E-state index contributed by atoms with van der Waals surface area (Å²) in [6.07, 6.45) is 4.45. The second-order valence-corrected chi connectivity index (χ2v) is 5.61. The highest BCUT2D eigenvalue weighted by Gasteiger charge is 2.16. The zero-order valence-corrected chi connectivity index (χ0v) is 13.4. The second kappa shape index (κ2) is 8.61. The van der Waals surface area contributed by atoms with Gasteiger partial charge in [-0.1, -0.05) is 23.7 Å². The van der Waals surface area contributed by atoms with Gasteiger partial charge in [-0.3, -0.25) is 4.79 Å². The van der Waals surface area contributed by atoms with Gasteiger partial charge in [-0.05, 0) is 29.8 Å². The summed E-state index contributed by atoms with van der Waals surface area (Å²) >= 11 is 5.95. The van der Waals surface area contributed by atoms with Crippen molar-refractivity contribution in [1.82, 2.24) is 9.88 Å². The summed E-state index contributed by atoms with van der Waals surface area (Å²) in [4.78, 5) is 12.1. The molecule has 1 amide bonds. The van der Waals surface area contributed by atoms with Crippen LogP contribution in [0.4, 0.5) is 0 Å². The summed E-state index contributed by atoms with van der Waals surface area (Å²) in [5.41, 5.74) is 1.11. The lowest BCUT2D eigenvalue weighted by atomic mass is 9.95. The van der Waals surface area contributed by atoms with Gasteiger partial charge in [-0.2, -0.15) is 0 Å². The third-order valence-corrected chi connectivity index (χ3v) is 3.75. The van der Waals surface area contributed by atoms with Crippen LogP contribution in [-0.2, 0) is 16.1 Å². The van der Waals surface area contributed by atoms with Gasteiger partial charge < -0.3 is 14.6 Å². The zero-order valence-electron chi connectivity index (χ0n) is 12.7. The molecule has 5 heteroatoms. The van der Waals surface area contributed by atoms with Crippen molar-refractivity contribution in [1.29, 1.82) is 0 Å². The van der Waals surface area contributed by atoms with Crippen molar-refractivity contribution in [3.63, 3.8) is 0 Å². The molecule has 0 bridgehead atoms. The van der Waals surface area contributed by atoms with Crippen LogP contribution in [-0.4, -0.2) is 30.7 Å². The van der Waals surface area contributed by atoms with E-state index in [9.17, 15) is 4.79 Å². The van der Waals surface area contributed by atoms with Gasteiger partial charge in [0.2, 0.25) is 5.91 Å². The van der Waals surface area contributed by atoms with E-state index in [1.807, 2.05) is 48.8 Å². The molecule has 0 saturated heterocycles. The van der Waals surface area contributed by atoms with Crippen LogP contribution in [0.15, 0.2) is 48.8 Å². The van der Waals surface area contributed by atoms with Crippen molar-refractivity contribution in [3.05, 3.63) is 59.4 Å². The molecule has 0 aliphatic heterocycles. The number of methoxy groups -OCH3 is 1. The zero-order chi connectivity index (χ0) is 15.8. The number of rotatable bonds is 8. The first-order chi connectivity index (χ1) is 10.7. The van der Waals surface area contributed by atoms with Gasteiger partial charge in [0.05, 0.1) is 6.61 Å². The van der Waals surface area contributed by atoms with E-state index in [-0.39, 0.29) is 11.8 Å². The number of aromatic nitrogens is 1. The molecule has 22 heavy (non-hydrogen) atoms. The Kier molecular flexibility index (Phi) is 6.49. The Labute approximate surface area is 136 Å². The molecule has 1 atom stereocenters. The monoisotopic (exact) mass is 320 g/mol. The summed E-state index contributed by atoms with van der Waals surface area (Å²) < 4.78 is 7.03. The molecule has 2 rings (SSSR count). The lowest BCUT2D eigenvalue weighted by Crippen LogP contribution is -2.29. The molecular formula is C17H21ClN2O2. The minimum Gasteiger partial charge on any atom is -0.383 e. The van der Waals surface area contributed by atoms with Crippen molar-refractivity contribution < 1.29 is 9.53 Å². The number of nitrogens with zero attached hydrogens (tertiary/aromatic N) is 1. The minimum absolute atomic E-state index is 0.0316. The average molecular weight is 321 g/mol. The number of halogens is 1. The third-order valence-electron chi connectivity index (χ3n) is 3.50. The molecule has 1 heterocycles. The number of amides is 1. The molecular weight excluding hydrogens is 300 g/mol. The number of carbonyl (C=O) groups excluding carboxylic acids is 1. The highest BCUT2D eigenvalue weighted by atomic mass is 35.5. The predicted molar refractivity (Wildman–Crippen MR) is 88.1 cm³/mol. The molecule has 118 valence electrons. The van der Waals surface area contributed by atoms with Crippen LogP contribution in [0.3, 0.4) is 0 Å². The van der Waals surface area contributed by atoms with Crippen molar-refractivity contribution in [3.8, 4) is 0 Å².